The topological polar surface area (TPSA) is 111 Å². The Morgan fingerprint density at radius 2 is 1.67 bits per heavy atom. The van der Waals surface area contributed by atoms with E-state index in [9.17, 15) is 19.2 Å². The van der Waals surface area contributed by atoms with Crippen LogP contribution in [-0.4, -0.2) is 36.8 Å². The minimum atomic E-state index is -0.670. The summed E-state index contributed by atoms with van der Waals surface area (Å²) in [7, 11) is 0. The van der Waals surface area contributed by atoms with E-state index in [0.717, 1.165) is 0 Å². The van der Waals surface area contributed by atoms with Crippen molar-refractivity contribution in [2.45, 2.75) is 26.7 Å². The Morgan fingerprint density at radius 3 is 2.40 bits per heavy atom. The zero-order valence-electron chi connectivity index (χ0n) is 16.9. The molecule has 2 aromatic rings. The van der Waals surface area contributed by atoms with Crippen molar-refractivity contribution in [1.29, 1.82) is 0 Å². The fraction of sp³-hybridized carbons (Fsp3) is 0.273. The van der Waals surface area contributed by atoms with Crippen LogP contribution in [0.2, 0.25) is 0 Å². The number of carbonyl (C=O) groups is 4. The molecule has 0 aliphatic carbocycles. The van der Waals surface area contributed by atoms with Gasteiger partial charge in [0.05, 0.1) is 18.7 Å². The summed E-state index contributed by atoms with van der Waals surface area (Å²) >= 11 is 0. The number of esters is 1. The molecule has 0 fully saturated rings. The molecule has 2 N–H and O–H groups in total. The number of para-hydroxylation sites is 2. The average molecular weight is 412 g/mol. The van der Waals surface area contributed by atoms with Crippen LogP contribution in [0.15, 0.2) is 48.5 Å². The molecule has 0 atom stereocenters. The molecule has 0 saturated heterocycles. The molecule has 2 rings (SSSR count). The Morgan fingerprint density at radius 1 is 0.900 bits per heavy atom. The fourth-order valence-corrected chi connectivity index (χ4v) is 2.51. The third kappa shape index (κ3) is 7.38. The highest BCUT2D eigenvalue weighted by atomic mass is 16.5. The molecule has 0 heterocycles. The molecule has 0 aliphatic heterocycles. The number of hydrogen-bond donors (Lipinski definition) is 2. The zero-order valence-corrected chi connectivity index (χ0v) is 16.9. The van der Waals surface area contributed by atoms with E-state index in [0.29, 0.717) is 29.3 Å². The van der Waals surface area contributed by atoms with E-state index >= 15 is 0 Å². The SMILES string of the molecule is CCOc1ccccc1NC(=O)COC(=O)CCC(=O)Nc1cccc(C(C)=O)c1. The highest BCUT2D eigenvalue weighted by Gasteiger charge is 2.13. The molecule has 0 aromatic heterocycles. The van der Waals surface area contributed by atoms with Gasteiger partial charge in [0.2, 0.25) is 5.91 Å². The first-order chi connectivity index (χ1) is 14.4. The van der Waals surface area contributed by atoms with Gasteiger partial charge >= 0.3 is 5.97 Å². The number of nitrogens with one attached hydrogen (secondary N) is 2. The maximum atomic E-state index is 12.0. The Labute approximate surface area is 174 Å². The highest BCUT2D eigenvalue weighted by molar-refractivity contribution is 5.98. The smallest absolute Gasteiger partial charge is 0.306 e. The summed E-state index contributed by atoms with van der Waals surface area (Å²) in [6, 6.07) is 13.4. The molecule has 158 valence electrons. The fourth-order valence-electron chi connectivity index (χ4n) is 2.51. The van der Waals surface area contributed by atoms with Crippen LogP contribution >= 0.6 is 0 Å². The Balaban J connectivity index is 1.74. The molecule has 0 radical (unpaired) electrons. The van der Waals surface area contributed by atoms with Crippen molar-refractivity contribution in [1.82, 2.24) is 0 Å². The van der Waals surface area contributed by atoms with E-state index in [2.05, 4.69) is 10.6 Å². The lowest BCUT2D eigenvalue weighted by Crippen LogP contribution is -2.22. The molecule has 0 bridgehead atoms. The van der Waals surface area contributed by atoms with E-state index < -0.39 is 24.4 Å². The van der Waals surface area contributed by atoms with Gasteiger partial charge in [0.15, 0.2) is 12.4 Å². The van der Waals surface area contributed by atoms with E-state index in [1.807, 2.05) is 6.92 Å². The molecule has 2 aromatic carbocycles. The van der Waals surface area contributed by atoms with E-state index in [1.165, 1.54) is 6.92 Å². The second kappa shape index (κ2) is 11.4. The van der Waals surface area contributed by atoms with Crippen LogP contribution < -0.4 is 15.4 Å². The molecule has 2 amide bonds. The van der Waals surface area contributed by atoms with Crippen LogP contribution in [0.1, 0.15) is 37.0 Å². The van der Waals surface area contributed by atoms with Crippen LogP contribution in [-0.2, 0) is 19.1 Å². The Hall–Kier alpha value is -3.68. The summed E-state index contributed by atoms with van der Waals surface area (Å²) in [5.41, 5.74) is 1.42. The average Bonchev–Trinajstić information content (AvgIpc) is 2.72. The molecular formula is C22H24N2O6. The third-order valence-corrected chi connectivity index (χ3v) is 3.93. The van der Waals surface area contributed by atoms with Crippen molar-refractivity contribution >= 4 is 34.9 Å². The van der Waals surface area contributed by atoms with Gasteiger partial charge in [-0.2, -0.15) is 0 Å². The number of anilines is 2. The van der Waals surface area contributed by atoms with Gasteiger partial charge in [0, 0.05) is 17.7 Å². The third-order valence-electron chi connectivity index (χ3n) is 3.93. The number of amides is 2. The van der Waals surface area contributed by atoms with Crippen molar-refractivity contribution in [3.8, 4) is 5.75 Å². The predicted molar refractivity (Wildman–Crippen MR) is 112 cm³/mol. The molecule has 8 heteroatoms. The van der Waals surface area contributed by atoms with Crippen molar-refractivity contribution in [2.75, 3.05) is 23.8 Å². The van der Waals surface area contributed by atoms with Gasteiger partial charge < -0.3 is 20.1 Å². The van der Waals surface area contributed by atoms with Crippen molar-refractivity contribution in [3.05, 3.63) is 54.1 Å². The first-order valence-electron chi connectivity index (χ1n) is 9.47. The minimum absolute atomic E-state index is 0.113. The predicted octanol–water partition coefficient (Wildman–Crippen LogP) is 3.19. The maximum absolute atomic E-state index is 12.0. The molecule has 0 spiro atoms. The summed E-state index contributed by atoms with van der Waals surface area (Å²) in [5, 5.41) is 5.23. The van der Waals surface area contributed by atoms with Gasteiger partial charge in [-0.15, -0.1) is 0 Å². The van der Waals surface area contributed by atoms with Gasteiger partial charge in [-0.25, -0.2) is 0 Å². The number of ketones is 1. The van der Waals surface area contributed by atoms with E-state index in [4.69, 9.17) is 9.47 Å². The maximum Gasteiger partial charge on any atom is 0.306 e. The summed E-state index contributed by atoms with van der Waals surface area (Å²) in [5.74, 6) is -1.18. The molecule has 0 saturated carbocycles. The number of rotatable bonds is 10. The number of ether oxygens (including phenoxy) is 2. The lowest BCUT2D eigenvalue weighted by molar-refractivity contribution is -0.147. The normalized spacial score (nSPS) is 10.1. The number of hydrogen-bond acceptors (Lipinski definition) is 6. The summed E-state index contributed by atoms with van der Waals surface area (Å²) < 4.78 is 10.3. The minimum Gasteiger partial charge on any atom is -0.492 e. The second-order valence-corrected chi connectivity index (χ2v) is 6.32. The van der Waals surface area contributed by atoms with Crippen LogP contribution in [0.3, 0.4) is 0 Å². The van der Waals surface area contributed by atoms with Crippen molar-refractivity contribution < 1.29 is 28.7 Å². The van der Waals surface area contributed by atoms with Crippen molar-refractivity contribution in [2.24, 2.45) is 0 Å². The molecular weight excluding hydrogens is 388 g/mol. The largest absolute Gasteiger partial charge is 0.492 e. The zero-order chi connectivity index (χ0) is 21.9. The summed E-state index contributed by atoms with van der Waals surface area (Å²) in [6.07, 6.45) is -0.293. The summed E-state index contributed by atoms with van der Waals surface area (Å²) in [4.78, 5) is 47.2. The number of benzene rings is 2. The van der Waals surface area contributed by atoms with Crippen LogP contribution in [0.4, 0.5) is 11.4 Å². The lowest BCUT2D eigenvalue weighted by atomic mass is 10.1. The highest BCUT2D eigenvalue weighted by Crippen LogP contribution is 2.23. The standard InChI is InChI=1S/C22H24N2O6/c1-3-29-19-10-5-4-9-18(19)24-21(27)14-30-22(28)12-11-20(26)23-17-8-6-7-16(13-17)15(2)25/h4-10,13H,3,11-12,14H2,1-2H3,(H,23,26)(H,24,27). The first-order valence-corrected chi connectivity index (χ1v) is 9.47. The monoisotopic (exact) mass is 412 g/mol. The van der Waals surface area contributed by atoms with Gasteiger partial charge in [-0.05, 0) is 38.1 Å². The number of carbonyl (C=O) groups excluding carboxylic acids is 4. The van der Waals surface area contributed by atoms with Gasteiger partial charge in [0.1, 0.15) is 5.75 Å². The Bertz CT molecular complexity index is 925. The molecule has 0 aliphatic rings. The second-order valence-electron chi connectivity index (χ2n) is 6.32. The molecule has 0 unspecified atom stereocenters. The Kier molecular flexibility index (Phi) is 8.56. The van der Waals surface area contributed by atoms with Crippen LogP contribution in [0.5, 0.6) is 5.75 Å². The molecule has 8 nitrogen and oxygen atoms in total. The van der Waals surface area contributed by atoms with E-state index in [-0.39, 0.29) is 18.6 Å². The number of Topliss-reactive ketones (excluding diaryl/α,β-unsaturated/α-hetero) is 1. The van der Waals surface area contributed by atoms with Crippen LogP contribution in [0.25, 0.3) is 0 Å². The molecule has 30 heavy (non-hydrogen) atoms. The summed E-state index contributed by atoms with van der Waals surface area (Å²) in [6.45, 7) is 3.24. The van der Waals surface area contributed by atoms with Crippen LogP contribution in [0, 0.1) is 0 Å². The quantitative estimate of drug-likeness (QED) is 0.458. The van der Waals surface area contributed by atoms with Gasteiger partial charge in [-0.3, -0.25) is 19.2 Å². The van der Waals surface area contributed by atoms with Gasteiger partial charge in [0.25, 0.3) is 5.91 Å². The lowest BCUT2D eigenvalue weighted by Gasteiger charge is -2.11. The van der Waals surface area contributed by atoms with Gasteiger partial charge in [-0.1, -0.05) is 24.3 Å². The van der Waals surface area contributed by atoms with Crippen molar-refractivity contribution in [3.63, 3.8) is 0 Å². The first kappa shape index (κ1) is 22.6. The van der Waals surface area contributed by atoms with E-state index in [1.54, 1.807) is 48.5 Å².